The highest BCUT2D eigenvalue weighted by atomic mass is 19.4. The maximum atomic E-state index is 14.0. The number of hydrogen-bond acceptors (Lipinski definition) is 3. The van der Waals surface area contributed by atoms with Crippen LogP contribution in [0.2, 0.25) is 0 Å². The minimum atomic E-state index is -4.17. The van der Waals surface area contributed by atoms with E-state index in [1.807, 2.05) is 17.9 Å². The van der Waals surface area contributed by atoms with Crippen LogP contribution in [-0.2, 0) is 0 Å². The molecule has 9 heteroatoms. The number of likely N-dealkylation sites (tertiary alicyclic amines) is 1. The van der Waals surface area contributed by atoms with Crippen LogP contribution >= 0.6 is 0 Å². The number of piperazine rings is 1. The Morgan fingerprint density at radius 1 is 1.14 bits per heavy atom. The molecule has 2 aliphatic rings. The predicted octanol–water partition coefficient (Wildman–Crippen LogP) is 2.55. The molecule has 0 aromatic heterocycles. The van der Waals surface area contributed by atoms with Gasteiger partial charge < -0.3 is 15.1 Å². The molecule has 0 bridgehead atoms. The van der Waals surface area contributed by atoms with Gasteiger partial charge in [-0.1, -0.05) is 12.1 Å². The standard InChI is InChI=1S/C19H27F4N5/c1-2-24-18(25-15-7-8-26(13-15)14-19(21,22)23)28-11-9-27(10-12-28)17-6-4-3-5-16(17)20/h3-6,15H,2,7-14H2,1H3,(H,24,25). The van der Waals surface area contributed by atoms with Crippen LogP contribution in [0.1, 0.15) is 13.3 Å². The molecule has 0 saturated carbocycles. The van der Waals surface area contributed by atoms with Gasteiger partial charge in [-0.15, -0.1) is 0 Å². The topological polar surface area (TPSA) is 34.1 Å². The van der Waals surface area contributed by atoms with Gasteiger partial charge in [0.1, 0.15) is 5.82 Å². The van der Waals surface area contributed by atoms with Crippen LogP contribution in [0, 0.1) is 5.82 Å². The number of guanidine groups is 1. The van der Waals surface area contributed by atoms with Crippen molar-refractivity contribution in [3.63, 3.8) is 0 Å². The van der Waals surface area contributed by atoms with Crippen molar-refractivity contribution >= 4 is 11.6 Å². The van der Waals surface area contributed by atoms with Gasteiger partial charge in [-0.05, 0) is 25.5 Å². The van der Waals surface area contributed by atoms with E-state index in [9.17, 15) is 17.6 Å². The summed E-state index contributed by atoms with van der Waals surface area (Å²) >= 11 is 0. The van der Waals surface area contributed by atoms with E-state index in [1.165, 1.54) is 11.0 Å². The molecule has 28 heavy (non-hydrogen) atoms. The number of halogens is 4. The lowest BCUT2D eigenvalue weighted by atomic mass is 10.2. The van der Waals surface area contributed by atoms with Crippen molar-refractivity contribution in [2.24, 2.45) is 4.99 Å². The first-order chi connectivity index (χ1) is 13.4. The highest BCUT2D eigenvalue weighted by Crippen LogP contribution is 2.21. The molecule has 2 saturated heterocycles. The van der Waals surface area contributed by atoms with E-state index < -0.39 is 12.7 Å². The molecule has 2 heterocycles. The Balaban J connectivity index is 1.54. The third kappa shape index (κ3) is 5.50. The van der Waals surface area contributed by atoms with Gasteiger partial charge in [0.2, 0.25) is 0 Å². The van der Waals surface area contributed by atoms with Crippen molar-refractivity contribution in [3.8, 4) is 0 Å². The lowest BCUT2D eigenvalue weighted by molar-refractivity contribution is -0.143. The molecule has 2 aliphatic heterocycles. The molecule has 156 valence electrons. The summed E-state index contributed by atoms with van der Waals surface area (Å²) in [7, 11) is 0. The Bertz CT molecular complexity index is 671. The third-order valence-electron chi connectivity index (χ3n) is 5.09. The number of nitrogens with zero attached hydrogens (tertiary/aromatic N) is 4. The van der Waals surface area contributed by atoms with Crippen molar-refractivity contribution in [2.45, 2.75) is 25.6 Å². The summed E-state index contributed by atoms with van der Waals surface area (Å²) in [6.45, 7) is 5.13. The molecule has 2 fully saturated rings. The molecule has 1 N–H and O–H groups in total. The molecular weight excluding hydrogens is 374 g/mol. The average Bonchev–Trinajstić information content (AvgIpc) is 3.07. The summed E-state index contributed by atoms with van der Waals surface area (Å²) in [6, 6.07) is 6.69. The number of hydrogen-bond donors (Lipinski definition) is 1. The first kappa shape index (κ1) is 20.7. The fourth-order valence-corrected chi connectivity index (χ4v) is 3.78. The number of nitrogens with one attached hydrogen (secondary N) is 1. The van der Waals surface area contributed by atoms with Crippen LogP contribution in [0.5, 0.6) is 0 Å². The van der Waals surface area contributed by atoms with Crippen molar-refractivity contribution in [1.82, 2.24) is 15.1 Å². The van der Waals surface area contributed by atoms with Crippen LogP contribution in [0.25, 0.3) is 0 Å². The molecular formula is C19H27F4N5. The molecule has 3 rings (SSSR count). The third-order valence-corrected chi connectivity index (χ3v) is 5.09. The van der Waals surface area contributed by atoms with Gasteiger partial charge in [-0.2, -0.15) is 13.2 Å². The van der Waals surface area contributed by atoms with E-state index in [2.05, 4.69) is 15.2 Å². The summed E-state index contributed by atoms with van der Waals surface area (Å²) in [4.78, 5) is 10.1. The SMILES string of the molecule is CCN=C(NC1CCN(CC(F)(F)F)C1)N1CCN(c2ccccc2F)CC1. The van der Waals surface area contributed by atoms with Crippen molar-refractivity contribution in [3.05, 3.63) is 30.1 Å². The Labute approximate surface area is 163 Å². The van der Waals surface area contributed by atoms with Gasteiger partial charge in [0.15, 0.2) is 5.96 Å². The maximum absolute atomic E-state index is 14.0. The lowest BCUT2D eigenvalue weighted by Gasteiger charge is -2.38. The quantitative estimate of drug-likeness (QED) is 0.478. The number of benzene rings is 1. The summed E-state index contributed by atoms with van der Waals surface area (Å²) < 4.78 is 51.8. The first-order valence-corrected chi connectivity index (χ1v) is 9.70. The molecule has 1 aromatic rings. The van der Waals surface area contributed by atoms with Crippen molar-refractivity contribution in [1.29, 1.82) is 0 Å². The number of para-hydroxylation sites is 1. The van der Waals surface area contributed by atoms with E-state index in [0.717, 1.165) is 5.96 Å². The minimum Gasteiger partial charge on any atom is -0.366 e. The lowest BCUT2D eigenvalue weighted by Crippen LogP contribution is -2.55. The summed E-state index contributed by atoms with van der Waals surface area (Å²) in [6.07, 6.45) is -3.51. The molecule has 1 unspecified atom stereocenters. The normalized spacial score (nSPS) is 22.0. The smallest absolute Gasteiger partial charge is 0.366 e. The Kier molecular flexibility index (Phi) is 6.64. The molecule has 0 aliphatic carbocycles. The zero-order chi connectivity index (χ0) is 20.1. The fourth-order valence-electron chi connectivity index (χ4n) is 3.78. The van der Waals surface area contributed by atoms with Gasteiger partial charge >= 0.3 is 6.18 Å². The fraction of sp³-hybridized carbons (Fsp3) is 0.632. The van der Waals surface area contributed by atoms with Gasteiger partial charge in [0.25, 0.3) is 0 Å². The largest absolute Gasteiger partial charge is 0.401 e. The second-order valence-electron chi connectivity index (χ2n) is 7.20. The van der Waals surface area contributed by atoms with Crippen LogP contribution in [0.15, 0.2) is 29.3 Å². The monoisotopic (exact) mass is 401 g/mol. The molecule has 0 spiro atoms. The second kappa shape index (κ2) is 8.98. The van der Waals surface area contributed by atoms with Crippen LogP contribution in [0.4, 0.5) is 23.2 Å². The number of alkyl halides is 3. The summed E-state index contributed by atoms with van der Waals surface area (Å²) in [5.74, 6) is 0.502. The van der Waals surface area contributed by atoms with E-state index in [4.69, 9.17) is 0 Å². The summed E-state index contributed by atoms with van der Waals surface area (Å²) in [5.41, 5.74) is 0.600. The molecule has 0 radical (unpaired) electrons. The van der Waals surface area contributed by atoms with E-state index >= 15 is 0 Å². The average molecular weight is 401 g/mol. The number of anilines is 1. The molecule has 1 aromatic carbocycles. The van der Waals surface area contributed by atoms with Crippen molar-refractivity contribution in [2.75, 3.05) is 57.3 Å². The van der Waals surface area contributed by atoms with Gasteiger partial charge in [-0.25, -0.2) is 4.39 Å². The zero-order valence-corrected chi connectivity index (χ0v) is 16.1. The minimum absolute atomic E-state index is 0.0442. The Morgan fingerprint density at radius 2 is 1.86 bits per heavy atom. The Morgan fingerprint density at radius 3 is 2.50 bits per heavy atom. The van der Waals surface area contributed by atoms with Crippen molar-refractivity contribution < 1.29 is 17.6 Å². The number of rotatable bonds is 4. The van der Waals surface area contributed by atoms with Crippen LogP contribution in [-0.4, -0.2) is 80.3 Å². The Hall–Kier alpha value is -2.03. The van der Waals surface area contributed by atoms with Crippen LogP contribution < -0.4 is 10.2 Å². The van der Waals surface area contributed by atoms with E-state index in [-0.39, 0.29) is 11.9 Å². The van der Waals surface area contributed by atoms with Gasteiger partial charge in [-0.3, -0.25) is 9.89 Å². The maximum Gasteiger partial charge on any atom is 0.401 e. The molecule has 1 atom stereocenters. The van der Waals surface area contributed by atoms with E-state index in [0.29, 0.717) is 57.9 Å². The summed E-state index contributed by atoms with van der Waals surface area (Å²) in [5, 5.41) is 3.34. The number of aliphatic imine (C=N–C) groups is 1. The van der Waals surface area contributed by atoms with E-state index in [1.54, 1.807) is 12.1 Å². The zero-order valence-electron chi connectivity index (χ0n) is 16.1. The van der Waals surface area contributed by atoms with Gasteiger partial charge in [0, 0.05) is 51.9 Å². The highest BCUT2D eigenvalue weighted by molar-refractivity contribution is 5.80. The molecule has 5 nitrogen and oxygen atoms in total. The highest BCUT2D eigenvalue weighted by Gasteiger charge is 2.35. The second-order valence-corrected chi connectivity index (χ2v) is 7.20. The molecule has 0 amide bonds. The van der Waals surface area contributed by atoms with Gasteiger partial charge in [0.05, 0.1) is 12.2 Å². The first-order valence-electron chi connectivity index (χ1n) is 9.70. The van der Waals surface area contributed by atoms with Crippen LogP contribution in [0.3, 0.4) is 0 Å². The predicted molar refractivity (Wildman–Crippen MR) is 102 cm³/mol.